The molecule has 0 saturated carbocycles. The molecule has 0 rings (SSSR count). The largest absolute Gasteiger partial charge is 0.316 e. The Morgan fingerprint density at radius 3 is 2.16 bits per heavy atom. The molecule has 0 aliphatic heterocycles. The van der Waals surface area contributed by atoms with E-state index in [9.17, 15) is 8.42 Å². The summed E-state index contributed by atoms with van der Waals surface area (Å²) in [6.45, 7) is 9.94. The van der Waals surface area contributed by atoms with Crippen molar-refractivity contribution in [3.63, 3.8) is 0 Å². The van der Waals surface area contributed by atoms with Crippen molar-refractivity contribution in [2.24, 2.45) is 5.92 Å². The molecule has 0 spiro atoms. The highest BCUT2D eigenvalue weighted by molar-refractivity contribution is 7.90. The first-order valence-electron chi connectivity index (χ1n) is 7.05. The highest BCUT2D eigenvalue weighted by Crippen LogP contribution is 2.08. The zero-order valence-electron chi connectivity index (χ0n) is 13.2. The molecule has 0 bridgehead atoms. The molecule has 0 radical (unpaired) electrons. The van der Waals surface area contributed by atoms with Crippen LogP contribution in [-0.2, 0) is 10.0 Å². The van der Waals surface area contributed by atoms with Crippen molar-refractivity contribution < 1.29 is 8.42 Å². The molecule has 0 amide bonds. The number of nitrogens with one attached hydrogen (secondary N) is 2. The molecule has 0 aromatic rings. The van der Waals surface area contributed by atoms with Crippen molar-refractivity contribution in [1.82, 2.24) is 14.9 Å². The van der Waals surface area contributed by atoms with Gasteiger partial charge in [0, 0.05) is 19.1 Å². The molecular formula is C13H31N3O2S. The molecule has 0 aliphatic carbocycles. The molecule has 2 N–H and O–H groups in total. The van der Waals surface area contributed by atoms with Gasteiger partial charge in [0.2, 0.25) is 10.0 Å². The molecule has 5 nitrogen and oxygen atoms in total. The zero-order chi connectivity index (χ0) is 15.1. The molecule has 0 fully saturated rings. The molecule has 6 heteroatoms. The highest BCUT2D eigenvalue weighted by atomic mass is 32.2. The SMILES string of the molecule is CCNCC(C)S(=O)(=O)NC(CC(C)C)CN(C)C. The fourth-order valence-corrected chi connectivity index (χ4v) is 3.18. The number of nitrogens with zero attached hydrogens (tertiary/aromatic N) is 1. The van der Waals surface area contributed by atoms with E-state index in [-0.39, 0.29) is 6.04 Å². The predicted molar refractivity (Wildman–Crippen MR) is 81.9 cm³/mol. The lowest BCUT2D eigenvalue weighted by atomic mass is 10.0. The lowest BCUT2D eigenvalue weighted by Gasteiger charge is -2.25. The van der Waals surface area contributed by atoms with E-state index in [1.807, 2.05) is 25.9 Å². The number of hydrogen-bond donors (Lipinski definition) is 2. The summed E-state index contributed by atoms with van der Waals surface area (Å²) in [4.78, 5) is 2.02. The molecule has 0 aromatic heterocycles. The van der Waals surface area contributed by atoms with Crippen LogP contribution in [-0.4, -0.2) is 58.3 Å². The Kier molecular flexibility index (Phi) is 8.81. The summed E-state index contributed by atoms with van der Waals surface area (Å²) in [6, 6.07) is -0.0240. The first-order chi connectivity index (χ1) is 8.69. The average Bonchev–Trinajstić information content (AvgIpc) is 2.22. The second-order valence-electron chi connectivity index (χ2n) is 5.87. The summed E-state index contributed by atoms with van der Waals surface area (Å²) < 4.78 is 27.3. The van der Waals surface area contributed by atoms with Gasteiger partial charge in [0.15, 0.2) is 0 Å². The van der Waals surface area contributed by atoms with Gasteiger partial charge in [-0.25, -0.2) is 13.1 Å². The van der Waals surface area contributed by atoms with Crippen LogP contribution in [0.3, 0.4) is 0 Å². The first-order valence-corrected chi connectivity index (χ1v) is 8.60. The molecule has 0 heterocycles. The zero-order valence-corrected chi connectivity index (χ0v) is 14.0. The van der Waals surface area contributed by atoms with Crippen LogP contribution < -0.4 is 10.0 Å². The van der Waals surface area contributed by atoms with Gasteiger partial charge in [0.05, 0.1) is 5.25 Å². The Bertz CT molecular complexity index is 319. The highest BCUT2D eigenvalue weighted by Gasteiger charge is 2.24. The van der Waals surface area contributed by atoms with Crippen LogP contribution in [0.25, 0.3) is 0 Å². The third kappa shape index (κ3) is 8.57. The van der Waals surface area contributed by atoms with Crippen LogP contribution in [0.1, 0.15) is 34.1 Å². The van der Waals surface area contributed by atoms with Gasteiger partial charge in [0.1, 0.15) is 0 Å². The van der Waals surface area contributed by atoms with Gasteiger partial charge in [-0.3, -0.25) is 0 Å². The Hall–Kier alpha value is -0.170. The number of hydrogen-bond acceptors (Lipinski definition) is 4. The minimum Gasteiger partial charge on any atom is -0.316 e. The van der Waals surface area contributed by atoms with Crippen LogP contribution in [0.15, 0.2) is 0 Å². The van der Waals surface area contributed by atoms with Crippen molar-refractivity contribution in [2.45, 2.75) is 45.4 Å². The lowest BCUT2D eigenvalue weighted by molar-refractivity contribution is 0.328. The van der Waals surface area contributed by atoms with Crippen molar-refractivity contribution in [3.05, 3.63) is 0 Å². The van der Waals surface area contributed by atoms with Crippen molar-refractivity contribution >= 4 is 10.0 Å². The van der Waals surface area contributed by atoms with Gasteiger partial charge in [-0.1, -0.05) is 20.8 Å². The van der Waals surface area contributed by atoms with E-state index < -0.39 is 15.3 Å². The van der Waals surface area contributed by atoms with Crippen LogP contribution >= 0.6 is 0 Å². The minimum atomic E-state index is -3.26. The quantitative estimate of drug-likeness (QED) is 0.628. The van der Waals surface area contributed by atoms with E-state index in [1.165, 1.54) is 0 Å². The predicted octanol–water partition coefficient (Wildman–Crippen LogP) is 0.880. The normalized spacial score (nSPS) is 16.0. The smallest absolute Gasteiger partial charge is 0.215 e. The summed E-state index contributed by atoms with van der Waals surface area (Å²) in [5, 5.41) is 2.67. The van der Waals surface area contributed by atoms with E-state index >= 15 is 0 Å². The molecule has 116 valence electrons. The Morgan fingerprint density at radius 1 is 1.16 bits per heavy atom. The molecule has 2 atom stereocenters. The van der Waals surface area contributed by atoms with Crippen molar-refractivity contribution in [1.29, 1.82) is 0 Å². The van der Waals surface area contributed by atoms with E-state index in [0.717, 1.165) is 19.5 Å². The van der Waals surface area contributed by atoms with Crippen LogP contribution in [0, 0.1) is 5.92 Å². The minimum absolute atomic E-state index is 0.0240. The average molecular weight is 293 g/mol. The maximum absolute atomic E-state index is 12.2. The first kappa shape index (κ1) is 18.8. The second-order valence-corrected chi connectivity index (χ2v) is 8.00. The van der Waals surface area contributed by atoms with Gasteiger partial charge >= 0.3 is 0 Å². The van der Waals surface area contributed by atoms with Crippen molar-refractivity contribution in [3.8, 4) is 0 Å². The van der Waals surface area contributed by atoms with E-state index in [1.54, 1.807) is 6.92 Å². The molecule has 0 aromatic carbocycles. The summed E-state index contributed by atoms with van der Waals surface area (Å²) in [5.74, 6) is 0.469. The number of rotatable bonds is 10. The lowest BCUT2D eigenvalue weighted by Crippen LogP contribution is -2.47. The monoisotopic (exact) mass is 293 g/mol. The second kappa shape index (κ2) is 8.89. The third-order valence-electron chi connectivity index (χ3n) is 2.88. The van der Waals surface area contributed by atoms with Crippen LogP contribution in [0.2, 0.25) is 0 Å². The van der Waals surface area contributed by atoms with Gasteiger partial charge in [-0.2, -0.15) is 0 Å². The Balaban J connectivity index is 4.61. The summed E-state index contributed by atoms with van der Waals surface area (Å²) in [5.41, 5.74) is 0. The van der Waals surface area contributed by atoms with Crippen molar-refractivity contribution in [2.75, 3.05) is 33.7 Å². The fraction of sp³-hybridized carbons (Fsp3) is 1.00. The number of likely N-dealkylation sites (N-methyl/N-ethyl adjacent to an activating group) is 1. The number of sulfonamides is 1. The van der Waals surface area contributed by atoms with Gasteiger partial charge < -0.3 is 10.2 Å². The Labute approximate surface area is 119 Å². The van der Waals surface area contributed by atoms with Crippen LogP contribution in [0.5, 0.6) is 0 Å². The molecule has 19 heavy (non-hydrogen) atoms. The molecular weight excluding hydrogens is 262 g/mol. The molecule has 0 saturated heterocycles. The van der Waals surface area contributed by atoms with Gasteiger partial charge in [0.25, 0.3) is 0 Å². The van der Waals surface area contributed by atoms with Gasteiger partial charge in [-0.15, -0.1) is 0 Å². The maximum Gasteiger partial charge on any atom is 0.215 e. The van der Waals surface area contributed by atoms with Gasteiger partial charge in [-0.05, 0) is 39.9 Å². The maximum atomic E-state index is 12.2. The van der Waals surface area contributed by atoms with Crippen LogP contribution in [0.4, 0.5) is 0 Å². The van der Waals surface area contributed by atoms with E-state index in [0.29, 0.717) is 12.5 Å². The summed E-state index contributed by atoms with van der Waals surface area (Å²) in [7, 11) is 0.662. The molecule has 2 unspecified atom stereocenters. The molecule has 0 aliphatic rings. The Morgan fingerprint density at radius 2 is 1.74 bits per heavy atom. The topological polar surface area (TPSA) is 61.4 Å². The third-order valence-corrected chi connectivity index (χ3v) is 4.77. The van der Waals surface area contributed by atoms with E-state index in [4.69, 9.17) is 0 Å². The summed E-state index contributed by atoms with van der Waals surface area (Å²) >= 11 is 0. The summed E-state index contributed by atoms with van der Waals surface area (Å²) in [6.07, 6.45) is 0.853. The van der Waals surface area contributed by atoms with E-state index in [2.05, 4.69) is 23.9 Å². The standard InChI is InChI=1S/C13H31N3O2S/c1-7-14-9-12(4)19(17,18)15-13(8-11(2)3)10-16(5)6/h11-15H,7-10H2,1-6H3. The fourth-order valence-electron chi connectivity index (χ4n) is 1.98.